The largest absolute Gasteiger partial charge is 0.460 e. The third-order valence-corrected chi connectivity index (χ3v) is 10.9. The number of nitrogens with one attached hydrogen (secondary N) is 1. The lowest BCUT2D eigenvalue weighted by Gasteiger charge is -2.42. The molecular formula is C35H46BrN3O7. The number of likely N-dealkylation sites (tertiary alicyclic amines) is 1. The van der Waals surface area contributed by atoms with E-state index in [0.29, 0.717) is 24.9 Å². The highest BCUT2D eigenvalue weighted by Gasteiger charge is 2.77. The summed E-state index contributed by atoms with van der Waals surface area (Å²) < 4.78 is 12.5. The molecule has 1 spiro atoms. The Bertz CT molecular complexity index is 1300. The van der Waals surface area contributed by atoms with Crippen molar-refractivity contribution in [1.29, 1.82) is 0 Å². The van der Waals surface area contributed by atoms with E-state index in [1.165, 1.54) is 4.90 Å². The fraction of sp³-hybridized carbons (Fsp3) is 0.600. The molecule has 250 valence electrons. The van der Waals surface area contributed by atoms with E-state index < -0.39 is 60.2 Å². The first-order chi connectivity index (χ1) is 22.2. The SMILES string of the molecule is C=CCCC(=O)NC[C@H](C)OC(=O)[C@@H]1[C@H]2O[C@@]3(CC2Br)[C@H](C(=O)N(CC=C)C2CCCCC2)N([C@H](CO)c2ccccc2)C(=O)[C@@H]13. The van der Waals surface area contributed by atoms with E-state index in [2.05, 4.69) is 34.4 Å². The Balaban J connectivity index is 1.49. The van der Waals surface area contributed by atoms with Crippen molar-refractivity contribution in [2.45, 2.75) is 99.1 Å². The molecule has 3 saturated heterocycles. The number of hydrogen-bond donors (Lipinski definition) is 2. The maximum Gasteiger partial charge on any atom is 0.312 e. The fourth-order valence-corrected chi connectivity index (χ4v) is 8.93. The number of aliphatic hydroxyl groups is 1. The van der Waals surface area contributed by atoms with Crippen molar-refractivity contribution in [2.24, 2.45) is 11.8 Å². The van der Waals surface area contributed by atoms with Crippen LogP contribution in [0.3, 0.4) is 0 Å². The van der Waals surface area contributed by atoms with Crippen LogP contribution in [-0.4, -0.2) is 93.0 Å². The van der Waals surface area contributed by atoms with Crippen LogP contribution < -0.4 is 5.32 Å². The highest BCUT2D eigenvalue weighted by molar-refractivity contribution is 9.09. The minimum absolute atomic E-state index is 0.00220. The number of alkyl halides is 1. The second kappa shape index (κ2) is 14.8. The average molecular weight is 701 g/mol. The molecule has 11 heteroatoms. The number of amides is 3. The Morgan fingerprint density at radius 1 is 1.20 bits per heavy atom. The second-order valence-electron chi connectivity index (χ2n) is 13.0. The van der Waals surface area contributed by atoms with E-state index in [1.807, 2.05) is 35.2 Å². The van der Waals surface area contributed by atoms with Crippen molar-refractivity contribution in [3.63, 3.8) is 0 Å². The van der Waals surface area contributed by atoms with Crippen LogP contribution in [0.5, 0.6) is 0 Å². The Labute approximate surface area is 279 Å². The summed E-state index contributed by atoms with van der Waals surface area (Å²) in [7, 11) is 0. The molecule has 1 aromatic rings. The Morgan fingerprint density at radius 2 is 1.91 bits per heavy atom. The zero-order chi connectivity index (χ0) is 33.0. The van der Waals surface area contributed by atoms with Crippen LogP contribution in [-0.2, 0) is 28.7 Å². The van der Waals surface area contributed by atoms with Crippen LogP contribution in [0.25, 0.3) is 0 Å². The smallest absolute Gasteiger partial charge is 0.312 e. The van der Waals surface area contributed by atoms with Gasteiger partial charge in [-0.05, 0) is 38.2 Å². The van der Waals surface area contributed by atoms with E-state index in [1.54, 1.807) is 19.1 Å². The molecule has 46 heavy (non-hydrogen) atoms. The summed E-state index contributed by atoms with van der Waals surface area (Å²) >= 11 is 3.72. The zero-order valence-corrected chi connectivity index (χ0v) is 28.1. The van der Waals surface area contributed by atoms with Gasteiger partial charge in [0.25, 0.3) is 0 Å². The molecule has 10 nitrogen and oxygen atoms in total. The number of allylic oxidation sites excluding steroid dienone is 1. The molecule has 1 aromatic carbocycles. The minimum atomic E-state index is -1.30. The number of fused-ring (bicyclic) bond motifs is 1. The molecule has 3 amide bonds. The standard InChI is InChI=1S/C35H46BrN3O7/c1-4-6-17-27(41)37-20-22(3)45-34(44)28-29-32(42)39(26(21-40)23-13-9-7-10-14-23)31(35(29)19-25(36)30(28)46-35)33(43)38(18-5-2)24-15-11-8-12-16-24/h4-5,7,9-10,13-14,22,24-26,28-31,40H,1-2,6,8,11-12,15-21H2,3H3,(H,37,41)/t22-,25?,26+,28-,29+,30-,31-,35+/m0/s1. The normalized spacial score (nSPS) is 29.9. The molecule has 1 aliphatic carbocycles. The van der Waals surface area contributed by atoms with E-state index >= 15 is 0 Å². The summed E-state index contributed by atoms with van der Waals surface area (Å²) in [5, 5.41) is 13.5. The van der Waals surface area contributed by atoms with Gasteiger partial charge in [-0.25, -0.2) is 0 Å². The number of benzene rings is 1. The fourth-order valence-electron chi connectivity index (χ4n) is 7.99. The van der Waals surface area contributed by atoms with Gasteiger partial charge in [-0.3, -0.25) is 19.2 Å². The van der Waals surface area contributed by atoms with Crippen molar-refractivity contribution < 1.29 is 33.8 Å². The number of nitrogens with zero attached hydrogens (tertiary/aromatic N) is 2. The summed E-state index contributed by atoms with van der Waals surface area (Å²) in [5.74, 6) is -3.38. The molecule has 2 N–H and O–H groups in total. The van der Waals surface area contributed by atoms with Gasteiger partial charge in [-0.2, -0.15) is 0 Å². The van der Waals surface area contributed by atoms with Gasteiger partial charge in [0, 0.05) is 23.8 Å². The highest BCUT2D eigenvalue weighted by atomic mass is 79.9. The van der Waals surface area contributed by atoms with Crippen molar-refractivity contribution in [3.05, 3.63) is 61.2 Å². The molecular weight excluding hydrogens is 654 g/mol. The first-order valence-electron chi connectivity index (χ1n) is 16.5. The van der Waals surface area contributed by atoms with Crippen LogP contribution in [0.4, 0.5) is 0 Å². The number of aliphatic hydroxyl groups excluding tert-OH is 1. The van der Waals surface area contributed by atoms with Crippen molar-refractivity contribution in [3.8, 4) is 0 Å². The van der Waals surface area contributed by atoms with Gasteiger partial charge >= 0.3 is 5.97 Å². The molecule has 4 fully saturated rings. The number of rotatable bonds is 14. The maximum atomic E-state index is 14.9. The summed E-state index contributed by atoms with van der Waals surface area (Å²) in [5.41, 5.74) is -0.611. The third kappa shape index (κ3) is 6.42. The lowest BCUT2D eigenvalue weighted by atomic mass is 9.70. The van der Waals surface area contributed by atoms with E-state index in [0.717, 1.165) is 32.1 Å². The van der Waals surface area contributed by atoms with Crippen molar-refractivity contribution in [1.82, 2.24) is 15.1 Å². The highest BCUT2D eigenvalue weighted by Crippen LogP contribution is 2.61. The lowest BCUT2D eigenvalue weighted by molar-refractivity contribution is -0.160. The number of esters is 1. The third-order valence-electron chi connectivity index (χ3n) is 10.0. The van der Waals surface area contributed by atoms with Gasteiger partial charge in [0.2, 0.25) is 17.7 Å². The van der Waals surface area contributed by atoms with Gasteiger partial charge in [0.05, 0.1) is 37.1 Å². The van der Waals surface area contributed by atoms with Crippen LogP contribution >= 0.6 is 15.9 Å². The number of carbonyl (C=O) groups excluding carboxylic acids is 4. The molecule has 3 aliphatic heterocycles. The molecule has 1 unspecified atom stereocenters. The molecule has 0 radical (unpaired) electrons. The Hall–Kier alpha value is -3.02. The number of carbonyl (C=O) groups is 4. The quantitative estimate of drug-likeness (QED) is 0.172. The summed E-state index contributed by atoms with van der Waals surface area (Å²) in [6.45, 7) is 9.26. The maximum absolute atomic E-state index is 14.9. The molecule has 8 atom stereocenters. The molecule has 2 bridgehead atoms. The summed E-state index contributed by atoms with van der Waals surface area (Å²) in [4.78, 5) is 58.6. The van der Waals surface area contributed by atoms with Gasteiger partial charge < -0.3 is 29.7 Å². The molecule has 5 rings (SSSR count). The predicted octanol–water partition coefficient (Wildman–Crippen LogP) is 3.83. The zero-order valence-electron chi connectivity index (χ0n) is 26.5. The van der Waals surface area contributed by atoms with Crippen LogP contribution in [0, 0.1) is 11.8 Å². The van der Waals surface area contributed by atoms with Crippen LogP contribution in [0.2, 0.25) is 0 Å². The first kappa shape index (κ1) is 34.3. The van der Waals surface area contributed by atoms with Gasteiger partial charge in [0.15, 0.2) is 0 Å². The van der Waals surface area contributed by atoms with E-state index in [4.69, 9.17) is 9.47 Å². The predicted molar refractivity (Wildman–Crippen MR) is 176 cm³/mol. The first-order valence-corrected chi connectivity index (χ1v) is 17.4. The number of ether oxygens (including phenoxy) is 2. The van der Waals surface area contributed by atoms with Crippen LogP contribution in [0.15, 0.2) is 55.6 Å². The van der Waals surface area contributed by atoms with E-state index in [9.17, 15) is 24.3 Å². The van der Waals surface area contributed by atoms with Crippen molar-refractivity contribution in [2.75, 3.05) is 19.7 Å². The number of hydrogen-bond acceptors (Lipinski definition) is 7. The molecule has 3 heterocycles. The van der Waals surface area contributed by atoms with Gasteiger partial charge in [0.1, 0.15) is 17.7 Å². The number of halogens is 1. The van der Waals surface area contributed by atoms with E-state index in [-0.39, 0.29) is 35.6 Å². The second-order valence-corrected chi connectivity index (χ2v) is 14.1. The Kier molecular flexibility index (Phi) is 11.1. The van der Waals surface area contributed by atoms with Crippen LogP contribution in [0.1, 0.15) is 69.9 Å². The Morgan fingerprint density at radius 3 is 2.57 bits per heavy atom. The molecule has 4 aliphatic rings. The van der Waals surface area contributed by atoms with Gasteiger partial charge in [-0.1, -0.05) is 77.7 Å². The summed E-state index contributed by atoms with van der Waals surface area (Å²) in [6, 6.07) is 7.27. The monoisotopic (exact) mass is 699 g/mol. The summed E-state index contributed by atoms with van der Waals surface area (Å²) in [6.07, 6.45) is 8.07. The lowest BCUT2D eigenvalue weighted by Crippen LogP contribution is -2.59. The average Bonchev–Trinajstić information content (AvgIpc) is 3.66. The topological polar surface area (TPSA) is 125 Å². The van der Waals surface area contributed by atoms with Gasteiger partial charge in [-0.15, -0.1) is 13.2 Å². The molecule has 0 aromatic heterocycles. The van der Waals surface area contributed by atoms with Crippen molar-refractivity contribution >= 4 is 39.6 Å². The molecule has 1 saturated carbocycles. The minimum Gasteiger partial charge on any atom is -0.460 e.